The van der Waals surface area contributed by atoms with Crippen LogP contribution in [0.5, 0.6) is 0 Å². The molecule has 3 aromatic rings. The van der Waals surface area contributed by atoms with Crippen LogP contribution in [0.25, 0.3) is 22.2 Å². The zero-order chi connectivity index (χ0) is 25.0. The van der Waals surface area contributed by atoms with Crippen molar-refractivity contribution in [2.24, 2.45) is 7.05 Å². The number of amides is 2. The normalized spacial score (nSPS) is 22.9. The highest BCUT2D eigenvalue weighted by Gasteiger charge is 2.35. The van der Waals surface area contributed by atoms with E-state index in [0.29, 0.717) is 48.5 Å². The van der Waals surface area contributed by atoms with E-state index >= 15 is 0 Å². The number of aliphatic hydroxyl groups excluding tert-OH is 1. The fourth-order valence-electron chi connectivity index (χ4n) is 5.79. The number of piperazine rings is 1. The van der Waals surface area contributed by atoms with Crippen molar-refractivity contribution in [3.63, 3.8) is 0 Å². The number of hydrogen-bond acceptors (Lipinski definition) is 4. The van der Waals surface area contributed by atoms with Crippen molar-refractivity contribution >= 4 is 22.8 Å². The van der Waals surface area contributed by atoms with Crippen molar-refractivity contribution in [2.75, 3.05) is 19.6 Å². The summed E-state index contributed by atoms with van der Waals surface area (Å²) < 4.78 is 16.6. The summed E-state index contributed by atoms with van der Waals surface area (Å²) in [6, 6.07) is 10.9. The van der Waals surface area contributed by atoms with Crippen molar-refractivity contribution in [3.05, 3.63) is 53.6 Å². The SMILES string of the molecule is Cn1c(C(=O)N2CCN(C3CCC(O)CC3)C(=O)C2)nc2c(-c3ccccc3F)cc(C3CC3)cc21. The first-order valence-corrected chi connectivity index (χ1v) is 12.9. The van der Waals surface area contributed by atoms with E-state index < -0.39 is 0 Å². The molecule has 1 N–H and O–H groups in total. The molecule has 6 rings (SSSR count). The summed E-state index contributed by atoms with van der Waals surface area (Å²) in [6.45, 7) is 0.955. The van der Waals surface area contributed by atoms with E-state index in [1.165, 1.54) is 6.07 Å². The highest BCUT2D eigenvalue weighted by molar-refractivity contribution is 6.01. The maximum atomic E-state index is 14.8. The molecule has 3 fully saturated rings. The molecular formula is C28H31FN4O3. The molecule has 0 bridgehead atoms. The highest BCUT2D eigenvalue weighted by Crippen LogP contribution is 2.43. The molecule has 1 aliphatic heterocycles. The fraction of sp³-hybridized carbons (Fsp3) is 0.464. The summed E-state index contributed by atoms with van der Waals surface area (Å²) in [7, 11) is 1.82. The van der Waals surface area contributed by atoms with Crippen LogP contribution in [0.1, 0.15) is 60.6 Å². The minimum absolute atomic E-state index is 0.0224. The van der Waals surface area contributed by atoms with Crippen LogP contribution in [0, 0.1) is 5.82 Å². The largest absolute Gasteiger partial charge is 0.393 e. The minimum atomic E-state index is -0.317. The lowest BCUT2D eigenvalue weighted by atomic mass is 9.91. The maximum absolute atomic E-state index is 14.8. The minimum Gasteiger partial charge on any atom is -0.393 e. The van der Waals surface area contributed by atoms with Crippen LogP contribution in [-0.4, -0.2) is 68.1 Å². The third-order valence-electron chi connectivity index (χ3n) is 8.06. The molecule has 0 atom stereocenters. The van der Waals surface area contributed by atoms with E-state index in [0.717, 1.165) is 36.8 Å². The molecule has 1 aromatic heterocycles. The summed E-state index contributed by atoms with van der Waals surface area (Å²) in [6.07, 6.45) is 4.97. The molecule has 36 heavy (non-hydrogen) atoms. The Morgan fingerprint density at radius 1 is 1.03 bits per heavy atom. The number of benzene rings is 2. The van der Waals surface area contributed by atoms with Crippen LogP contribution in [-0.2, 0) is 11.8 Å². The molecule has 0 radical (unpaired) electrons. The summed E-state index contributed by atoms with van der Waals surface area (Å²) in [5, 5.41) is 9.79. The van der Waals surface area contributed by atoms with Gasteiger partial charge in [-0.3, -0.25) is 9.59 Å². The van der Waals surface area contributed by atoms with Gasteiger partial charge in [0, 0.05) is 37.3 Å². The number of halogens is 1. The first-order valence-electron chi connectivity index (χ1n) is 12.9. The number of hydrogen-bond donors (Lipinski definition) is 1. The van der Waals surface area contributed by atoms with E-state index in [-0.39, 0.29) is 42.1 Å². The standard InChI is InChI=1S/C28H31FN4O3/c1-31-24-15-18(17-6-7-17)14-22(21-4-2-3-5-23(21)29)26(24)30-27(31)28(36)32-12-13-33(25(35)16-32)19-8-10-20(34)11-9-19/h2-5,14-15,17,19-20,34H,6-13,16H2,1H3. The van der Waals surface area contributed by atoms with Gasteiger partial charge in [0.15, 0.2) is 5.82 Å². The molecule has 2 heterocycles. The molecule has 8 heteroatoms. The number of imidazole rings is 1. The molecule has 7 nitrogen and oxygen atoms in total. The number of rotatable bonds is 4. The number of nitrogens with zero attached hydrogens (tertiary/aromatic N) is 4. The Hall–Kier alpha value is -3.26. The molecule has 0 spiro atoms. The molecular weight excluding hydrogens is 459 g/mol. The molecule has 0 unspecified atom stereocenters. The van der Waals surface area contributed by atoms with Crippen molar-refractivity contribution in [1.82, 2.24) is 19.4 Å². The Balaban J connectivity index is 1.31. The van der Waals surface area contributed by atoms with Gasteiger partial charge in [0.25, 0.3) is 5.91 Å². The predicted octanol–water partition coefficient (Wildman–Crippen LogP) is 3.84. The lowest BCUT2D eigenvalue weighted by Crippen LogP contribution is -2.56. The van der Waals surface area contributed by atoms with Gasteiger partial charge in [-0.25, -0.2) is 9.37 Å². The molecule has 1 saturated heterocycles. The molecule has 2 amide bonds. The Bertz CT molecular complexity index is 1340. The maximum Gasteiger partial charge on any atom is 0.290 e. The van der Waals surface area contributed by atoms with E-state index in [1.807, 2.05) is 18.0 Å². The summed E-state index contributed by atoms with van der Waals surface area (Å²) in [4.78, 5) is 34.7. The monoisotopic (exact) mass is 490 g/mol. The van der Waals surface area contributed by atoms with Gasteiger partial charge in [-0.15, -0.1) is 0 Å². The van der Waals surface area contributed by atoms with Gasteiger partial charge in [-0.2, -0.15) is 0 Å². The predicted molar refractivity (Wildman–Crippen MR) is 134 cm³/mol. The molecule has 188 valence electrons. The Labute approximate surface area is 209 Å². The van der Waals surface area contributed by atoms with Crippen LogP contribution >= 0.6 is 0 Å². The Morgan fingerprint density at radius 2 is 1.78 bits per heavy atom. The summed E-state index contributed by atoms with van der Waals surface area (Å²) >= 11 is 0. The second-order valence-electron chi connectivity index (χ2n) is 10.5. The zero-order valence-corrected chi connectivity index (χ0v) is 20.5. The first kappa shape index (κ1) is 23.2. The number of aryl methyl sites for hydroxylation is 1. The Morgan fingerprint density at radius 3 is 2.47 bits per heavy atom. The summed E-state index contributed by atoms with van der Waals surface area (Å²) in [5.41, 5.74) is 3.71. The van der Waals surface area contributed by atoms with Gasteiger partial charge in [0.2, 0.25) is 5.91 Å². The lowest BCUT2D eigenvalue weighted by Gasteiger charge is -2.41. The van der Waals surface area contributed by atoms with Crippen LogP contribution in [0.2, 0.25) is 0 Å². The summed E-state index contributed by atoms with van der Waals surface area (Å²) in [5.74, 6) is 0.0615. The van der Waals surface area contributed by atoms with Gasteiger partial charge in [-0.05, 0) is 68.2 Å². The van der Waals surface area contributed by atoms with Gasteiger partial charge < -0.3 is 19.5 Å². The smallest absolute Gasteiger partial charge is 0.290 e. The second kappa shape index (κ2) is 9.00. The third kappa shape index (κ3) is 4.07. The quantitative estimate of drug-likeness (QED) is 0.603. The second-order valence-corrected chi connectivity index (χ2v) is 10.5. The average Bonchev–Trinajstić information content (AvgIpc) is 3.68. The first-order chi connectivity index (χ1) is 17.4. The molecule has 2 aliphatic carbocycles. The van der Waals surface area contributed by atoms with Crippen molar-refractivity contribution in [2.45, 2.75) is 56.6 Å². The van der Waals surface area contributed by atoms with E-state index in [2.05, 4.69) is 6.07 Å². The zero-order valence-electron chi connectivity index (χ0n) is 20.5. The van der Waals surface area contributed by atoms with Crippen LogP contribution in [0.15, 0.2) is 36.4 Å². The van der Waals surface area contributed by atoms with Crippen LogP contribution in [0.4, 0.5) is 4.39 Å². The number of carbonyl (C=O) groups excluding carboxylic acids is 2. The van der Waals surface area contributed by atoms with E-state index in [1.54, 1.807) is 27.7 Å². The third-order valence-corrected chi connectivity index (χ3v) is 8.06. The number of aliphatic hydroxyl groups is 1. The number of fused-ring (bicyclic) bond motifs is 1. The Kier molecular flexibility index (Phi) is 5.79. The van der Waals surface area contributed by atoms with E-state index in [4.69, 9.17) is 4.98 Å². The molecule has 3 aliphatic rings. The van der Waals surface area contributed by atoms with Crippen LogP contribution < -0.4 is 0 Å². The van der Waals surface area contributed by atoms with Gasteiger partial charge in [0.05, 0.1) is 17.1 Å². The van der Waals surface area contributed by atoms with Gasteiger partial charge in [-0.1, -0.05) is 18.2 Å². The number of carbonyl (C=O) groups is 2. The lowest BCUT2D eigenvalue weighted by molar-refractivity contribution is -0.138. The molecule has 2 aromatic carbocycles. The van der Waals surface area contributed by atoms with Crippen molar-refractivity contribution in [1.29, 1.82) is 0 Å². The van der Waals surface area contributed by atoms with Crippen molar-refractivity contribution < 1.29 is 19.1 Å². The molecule has 2 saturated carbocycles. The van der Waals surface area contributed by atoms with E-state index in [9.17, 15) is 19.1 Å². The highest BCUT2D eigenvalue weighted by atomic mass is 19.1. The van der Waals surface area contributed by atoms with Crippen LogP contribution in [0.3, 0.4) is 0 Å². The fourth-order valence-corrected chi connectivity index (χ4v) is 5.79. The van der Waals surface area contributed by atoms with Gasteiger partial charge >= 0.3 is 0 Å². The van der Waals surface area contributed by atoms with Gasteiger partial charge in [0.1, 0.15) is 12.4 Å². The number of aromatic nitrogens is 2. The topological polar surface area (TPSA) is 78.7 Å². The average molecular weight is 491 g/mol. The van der Waals surface area contributed by atoms with Crippen molar-refractivity contribution in [3.8, 4) is 11.1 Å².